The van der Waals surface area contributed by atoms with Crippen LogP contribution in [0.5, 0.6) is 0 Å². The molecule has 0 aromatic carbocycles. The normalized spacial score (nSPS) is 16.5. The largest absolute Gasteiger partial charge is 0.470 e. The van der Waals surface area contributed by atoms with E-state index in [-0.39, 0.29) is 0 Å². The Bertz CT molecular complexity index is 536. The average molecular weight is 463 g/mol. The van der Waals surface area contributed by atoms with E-state index in [1.807, 2.05) is 21.1 Å². The fourth-order valence-electron chi connectivity index (χ4n) is 4.10. The second-order valence-corrected chi connectivity index (χ2v) is 12.5. The molecule has 0 fully saturated rings. The van der Waals surface area contributed by atoms with Crippen molar-refractivity contribution in [2.75, 3.05) is 27.7 Å². The van der Waals surface area contributed by atoms with E-state index in [4.69, 9.17) is 4.52 Å². The molecule has 0 aromatic rings. The van der Waals surface area contributed by atoms with Gasteiger partial charge in [0.1, 0.15) is 12.6 Å². The maximum atomic E-state index is 11.3. The second kappa shape index (κ2) is 15.6. The van der Waals surface area contributed by atoms with E-state index in [1.165, 1.54) is 56.9 Å². The molecule has 3 atom stereocenters. The van der Waals surface area contributed by atoms with Gasteiger partial charge in [-0.2, -0.15) is 0 Å². The lowest BCUT2D eigenvalue weighted by Gasteiger charge is -2.28. The van der Waals surface area contributed by atoms with Gasteiger partial charge in [0.15, 0.2) is 0 Å². The highest BCUT2D eigenvalue weighted by Crippen LogP contribution is 2.38. The van der Waals surface area contributed by atoms with E-state index >= 15 is 0 Å². The van der Waals surface area contributed by atoms with Crippen LogP contribution < -0.4 is 0 Å². The molecule has 0 aliphatic heterocycles. The molecule has 0 aromatic heterocycles. The zero-order valence-corrected chi connectivity index (χ0v) is 22.7. The first kappa shape index (κ1) is 30.8. The Morgan fingerprint density at radius 2 is 1.39 bits per heavy atom. The maximum Gasteiger partial charge on any atom is 0.470 e. The summed E-state index contributed by atoms with van der Waals surface area (Å²) in [5.41, 5.74) is 1.28. The minimum Gasteiger partial charge on any atom is -0.329 e. The molecule has 0 aliphatic rings. The minimum absolute atomic E-state index is 0.475. The second-order valence-electron chi connectivity index (χ2n) is 11.3. The quantitative estimate of drug-likeness (QED) is 0.131. The first-order chi connectivity index (χ1) is 14.2. The van der Waals surface area contributed by atoms with Crippen molar-refractivity contribution in [3.63, 3.8) is 0 Å². The van der Waals surface area contributed by atoms with Gasteiger partial charge in [0.2, 0.25) is 0 Å². The molecular formula is C25H53NO4P+. The minimum atomic E-state index is -4.47. The predicted octanol–water partition coefficient (Wildman–Crippen LogP) is 6.95. The number of rotatable bonds is 18. The topological polar surface area (TPSA) is 66.8 Å². The summed E-state index contributed by atoms with van der Waals surface area (Å²) in [7, 11) is 1.53. The predicted molar refractivity (Wildman–Crippen MR) is 133 cm³/mol. The number of hydrogen-bond donors (Lipinski definition) is 2. The van der Waals surface area contributed by atoms with Crippen LogP contribution in [-0.4, -0.2) is 48.1 Å². The molecule has 0 heterocycles. The van der Waals surface area contributed by atoms with Gasteiger partial charge in [-0.1, -0.05) is 84.3 Å². The van der Waals surface area contributed by atoms with Crippen LogP contribution in [0.4, 0.5) is 0 Å². The Balaban J connectivity index is 4.16. The van der Waals surface area contributed by atoms with E-state index in [9.17, 15) is 14.4 Å². The number of phosphoric ester groups is 1. The third kappa shape index (κ3) is 21.4. The van der Waals surface area contributed by atoms with Crippen LogP contribution >= 0.6 is 7.82 Å². The van der Waals surface area contributed by atoms with E-state index in [2.05, 4.69) is 40.7 Å². The van der Waals surface area contributed by atoms with Crippen molar-refractivity contribution in [3.8, 4) is 0 Å². The van der Waals surface area contributed by atoms with E-state index in [0.29, 0.717) is 17.4 Å². The van der Waals surface area contributed by atoms with Gasteiger partial charge in [-0.05, 0) is 43.9 Å². The molecule has 0 saturated carbocycles. The highest BCUT2D eigenvalue weighted by molar-refractivity contribution is 7.46. The van der Waals surface area contributed by atoms with E-state index in [1.54, 1.807) is 0 Å². The average Bonchev–Trinajstić information content (AvgIpc) is 2.56. The van der Waals surface area contributed by atoms with Gasteiger partial charge in [-0.3, -0.25) is 4.52 Å². The van der Waals surface area contributed by atoms with Crippen LogP contribution in [0.3, 0.4) is 0 Å². The van der Waals surface area contributed by atoms with Crippen LogP contribution in [-0.2, 0) is 9.09 Å². The Kier molecular flexibility index (Phi) is 15.5. The molecule has 3 unspecified atom stereocenters. The van der Waals surface area contributed by atoms with Gasteiger partial charge >= 0.3 is 7.82 Å². The Morgan fingerprint density at radius 3 is 1.84 bits per heavy atom. The number of quaternary nitrogens is 1. The number of allylic oxidation sites excluding steroid dienone is 1. The monoisotopic (exact) mass is 462 g/mol. The summed E-state index contributed by atoms with van der Waals surface area (Å²) in [5, 5.41) is 0. The van der Waals surface area contributed by atoms with Crippen molar-refractivity contribution < 1.29 is 23.4 Å². The van der Waals surface area contributed by atoms with Crippen molar-refractivity contribution in [1.29, 1.82) is 0 Å². The smallest absolute Gasteiger partial charge is 0.329 e. The van der Waals surface area contributed by atoms with Gasteiger partial charge in [0.25, 0.3) is 0 Å². The highest BCUT2D eigenvalue weighted by Gasteiger charge is 2.26. The third-order valence-electron chi connectivity index (χ3n) is 5.91. The number of hydrogen-bond acceptors (Lipinski definition) is 2. The summed E-state index contributed by atoms with van der Waals surface area (Å²) in [4.78, 5) is 18.4. The molecule has 31 heavy (non-hydrogen) atoms. The van der Waals surface area contributed by atoms with E-state index in [0.717, 1.165) is 24.2 Å². The molecule has 0 bridgehead atoms. The van der Waals surface area contributed by atoms with Crippen LogP contribution in [0.15, 0.2) is 11.6 Å². The van der Waals surface area contributed by atoms with Gasteiger partial charge < -0.3 is 14.3 Å². The molecule has 0 spiro atoms. The fraction of sp³-hybridized carbons (Fsp3) is 0.920. The van der Waals surface area contributed by atoms with Gasteiger partial charge in [0.05, 0.1) is 21.1 Å². The molecule has 186 valence electrons. The third-order valence-corrected chi connectivity index (χ3v) is 6.48. The molecule has 6 heteroatoms. The van der Waals surface area contributed by atoms with Crippen LogP contribution in [0.2, 0.25) is 0 Å². The number of likely N-dealkylation sites (N-methyl/N-ethyl adjacent to an activating group) is 1. The van der Waals surface area contributed by atoms with Crippen molar-refractivity contribution in [3.05, 3.63) is 11.6 Å². The molecular weight excluding hydrogens is 409 g/mol. The summed E-state index contributed by atoms with van der Waals surface area (Å²) in [5.74, 6) is 2.44. The fourth-order valence-corrected chi connectivity index (χ4v) is 4.64. The van der Waals surface area contributed by atoms with Crippen LogP contribution in [0, 0.1) is 17.8 Å². The number of phosphoric acid groups is 1. The van der Waals surface area contributed by atoms with Crippen LogP contribution in [0.25, 0.3) is 0 Å². The van der Waals surface area contributed by atoms with Gasteiger partial charge in [-0.25, -0.2) is 4.57 Å². The Hall–Kier alpha value is -0.190. The molecule has 0 radical (unpaired) electrons. The summed E-state index contributed by atoms with van der Waals surface area (Å²) in [6.07, 6.45) is 13.7. The molecule has 2 N–H and O–H groups in total. The summed E-state index contributed by atoms with van der Waals surface area (Å²) >= 11 is 0. The highest BCUT2D eigenvalue weighted by atomic mass is 31.2. The molecule has 0 aliphatic carbocycles. The summed E-state index contributed by atoms with van der Waals surface area (Å²) in [6, 6.07) is 0. The van der Waals surface area contributed by atoms with E-state index < -0.39 is 13.9 Å². The SMILES string of the molecule is CC(=CCC(C[N+](C)(C)C)OP(=O)(O)O)CCCC(C)CCCC(C)CCCC(C)C. The first-order valence-corrected chi connectivity index (χ1v) is 13.9. The zero-order chi connectivity index (χ0) is 24.1. The maximum absolute atomic E-state index is 11.3. The molecule has 0 rings (SSSR count). The first-order valence-electron chi connectivity index (χ1n) is 12.4. The zero-order valence-electron chi connectivity index (χ0n) is 21.8. The Morgan fingerprint density at radius 1 is 0.903 bits per heavy atom. The molecule has 0 amide bonds. The number of nitrogens with zero attached hydrogens (tertiary/aromatic N) is 1. The lowest BCUT2D eigenvalue weighted by atomic mass is 9.91. The van der Waals surface area contributed by atoms with Crippen molar-refractivity contribution in [1.82, 2.24) is 0 Å². The van der Waals surface area contributed by atoms with Gasteiger partial charge in [-0.15, -0.1) is 0 Å². The molecule has 0 saturated heterocycles. The van der Waals surface area contributed by atoms with Gasteiger partial charge in [0, 0.05) is 0 Å². The standard InChI is InChI=1S/C25H52NO4P/c1-21(2)12-9-13-22(3)14-10-15-23(4)16-11-17-24(5)18-19-25(20-26(6,7)8)30-31(27,28)29/h18,21-23,25H,9-17,19-20H2,1-8H3,(H-,27,28,29)/p+1. The summed E-state index contributed by atoms with van der Waals surface area (Å²) in [6.45, 7) is 12.1. The van der Waals surface area contributed by atoms with Crippen LogP contribution in [0.1, 0.15) is 98.8 Å². The summed E-state index contributed by atoms with van der Waals surface area (Å²) < 4.78 is 16.9. The lowest BCUT2D eigenvalue weighted by Crippen LogP contribution is -2.42. The van der Waals surface area contributed by atoms with Crippen molar-refractivity contribution in [2.24, 2.45) is 17.8 Å². The lowest BCUT2D eigenvalue weighted by molar-refractivity contribution is -0.873. The van der Waals surface area contributed by atoms with Crippen molar-refractivity contribution in [2.45, 2.75) is 105 Å². The molecule has 5 nitrogen and oxygen atoms in total. The van der Waals surface area contributed by atoms with Crippen molar-refractivity contribution >= 4 is 7.82 Å². The Labute approximate surface area is 193 Å².